The molecule has 46 heavy (non-hydrogen) atoms. The van der Waals surface area contributed by atoms with Gasteiger partial charge in [-0.15, -0.1) is 0 Å². The third-order valence-corrected chi connectivity index (χ3v) is 7.61. The zero-order valence-corrected chi connectivity index (χ0v) is 24.6. The number of Topliss-reactive ketones (excluding diaryl/α,β-unsaturated/α-hetero) is 1. The van der Waals surface area contributed by atoms with E-state index >= 15 is 0 Å². The molecule has 10 N–H and O–H groups in total. The van der Waals surface area contributed by atoms with Crippen molar-refractivity contribution in [2.24, 2.45) is 17.2 Å². The number of hydrogen-bond acceptors (Lipinski definition) is 8. The smallest absolute Gasteiger partial charge is 0.423 e. The highest BCUT2D eigenvalue weighted by molar-refractivity contribution is 6.58. The Labute approximate surface area is 261 Å². The predicted octanol–water partition coefficient (Wildman–Crippen LogP) is 0.674. The molecule has 10 nitrogen and oxygen atoms in total. The van der Waals surface area contributed by atoms with Gasteiger partial charge in [0.2, 0.25) is 11.8 Å². The summed E-state index contributed by atoms with van der Waals surface area (Å²) in [4.78, 5) is 38.8. The Balaban J connectivity index is 1.75. The van der Waals surface area contributed by atoms with Crippen LogP contribution in [0.15, 0.2) is 42.5 Å². The number of carbonyl (C=O) groups excluding carboxylic acids is 3. The topological polar surface area (TPSA) is 194 Å². The predicted molar refractivity (Wildman–Crippen MR) is 156 cm³/mol. The fourth-order valence-corrected chi connectivity index (χ4v) is 5.29. The lowest BCUT2D eigenvalue weighted by molar-refractivity contribution is -0.138. The maximum absolute atomic E-state index is 13.4. The molecule has 5 atom stereocenters. The first-order valence-electron chi connectivity index (χ1n) is 14.4. The van der Waals surface area contributed by atoms with E-state index in [2.05, 4.69) is 10.6 Å². The SMILES string of the molecule is N[C@@H]1CC(NC(=O)CC[C@H](N)C(=O)N[C@H](Cc2ccc(C(F)(F)F)cc2)C(=O)Cc2cc(B(O)O)cc(C(F)(F)F)c2)C[C@H](N)C1. The molecule has 1 aliphatic carbocycles. The van der Waals surface area contributed by atoms with Crippen LogP contribution in [-0.4, -0.2) is 65.0 Å². The van der Waals surface area contributed by atoms with Crippen molar-refractivity contribution in [2.75, 3.05) is 0 Å². The van der Waals surface area contributed by atoms with Gasteiger partial charge < -0.3 is 37.9 Å². The van der Waals surface area contributed by atoms with E-state index in [-0.39, 0.29) is 48.5 Å². The highest BCUT2D eigenvalue weighted by Gasteiger charge is 2.34. The molecule has 2 amide bonds. The quantitative estimate of drug-likeness (QED) is 0.128. The van der Waals surface area contributed by atoms with Crippen LogP contribution in [0.25, 0.3) is 0 Å². The van der Waals surface area contributed by atoms with E-state index < -0.39 is 72.2 Å². The summed E-state index contributed by atoms with van der Waals surface area (Å²) in [5.74, 6) is -2.12. The number of alkyl halides is 6. The lowest BCUT2D eigenvalue weighted by Crippen LogP contribution is -2.51. The average Bonchev–Trinajstić information content (AvgIpc) is 2.94. The molecular formula is C29H36BF6N5O5. The molecule has 1 unspecified atom stereocenters. The van der Waals surface area contributed by atoms with Crippen LogP contribution in [0.5, 0.6) is 0 Å². The Hall–Kier alpha value is -3.51. The van der Waals surface area contributed by atoms with E-state index in [0.29, 0.717) is 31.4 Å². The Kier molecular flexibility index (Phi) is 12.4. The molecule has 0 spiro atoms. The van der Waals surface area contributed by atoms with Crippen LogP contribution in [0.3, 0.4) is 0 Å². The monoisotopic (exact) mass is 659 g/mol. The number of halogens is 6. The molecule has 17 heteroatoms. The first-order valence-corrected chi connectivity index (χ1v) is 14.4. The zero-order valence-electron chi connectivity index (χ0n) is 24.6. The summed E-state index contributed by atoms with van der Waals surface area (Å²) >= 11 is 0. The van der Waals surface area contributed by atoms with Crippen molar-refractivity contribution in [1.82, 2.24) is 10.6 Å². The third-order valence-electron chi connectivity index (χ3n) is 7.61. The van der Waals surface area contributed by atoms with Crippen LogP contribution in [-0.2, 0) is 39.6 Å². The second-order valence-electron chi connectivity index (χ2n) is 11.6. The number of carbonyl (C=O) groups is 3. The minimum absolute atomic E-state index is 0.144. The second kappa shape index (κ2) is 15.4. The van der Waals surface area contributed by atoms with Crippen LogP contribution < -0.4 is 33.3 Å². The second-order valence-corrected chi connectivity index (χ2v) is 11.6. The van der Waals surface area contributed by atoms with E-state index in [4.69, 9.17) is 17.2 Å². The fourth-order valence-electron chi connectivity index (χ4n) is 5.29. The van der Waals surface area contributed by atoms with Crippen molar-refractivity contribution < 1.29 is 50.8 Å². The van der Waals surface area contributed by atoms with Crippen molar-refractivity contribution in [3.8, 4) is 0 Å². The molecule has 252 valence electrons. The highest BCUT2D eigenvalue weighted by Crippen LogP contribution is 2.30. The van der Waals surface area contributed by atoms with Gasteiger partial charge in [-0.2, -0.15) is 26.3 Å². The molecule has 1 aliphatic rings. The van der Waals surface area contributed by atoms with Crippen molar-refractivity contribution >= 4 is 30.2 Å². The maximum atomic E-state index is 13.4. The van der Waals surface area contributed by atoms with Gasteiger partial charge in [0.15, 0.2) is 5.78 Å². The number of rotatable bonds is 12. The van der Waals surface area contributed by atoms with Crippen LogP contribution in [0.1, 0.15) is 54.4 Å². The molecular weight excluding hydrogens is 623 g/mol. The molecule has 1 saturated carbocycles. The fraction of sp³-hybridized carbons (Fsp3) is 0.483. The first-order chi connectivity index (χ1) is 21.3. The van der Waals surface area contributed by atoms with Crippen LogP contribution in [0.4, 0.5) is 26.3 Å². The molecule has 0 heterocycles. The summed E-state index contributed by atoms with van der Waals surface area (Å²) in [6, 6.07) is 2.52. The van der Waals surface area contributed by atoms with Crippen molar-refractivity contribution in [1.29, 1.82) is 0 Å². The molecule has 0 radical (unpaired) electrons. The Morgan fingerprint density at radius 1 is 0.870 bits per heavy atom. The number of nitrogens with one attached hydrogen (secondary N) is 2. The minimum atomic E-state index is -4.88. The third kappa shape index (κ3) is 11.1. The lowest BCUT2D eigenvalue weighted by Gasteiger charge is -2.31. The molecule has 0 aliphatic heterocycles. The number of benzene rings is 2. The van der Waals surface area contributed by atoms with Gasteiger partial charge in [0.25, 0.3) is 0 Å². The summed E-state index contributed by atoms with van der Waals surface area (Å²) < 4.78 is 79.4. The van der Waals surface area contributed by atoms with Crippen LogP contribution >= 0.6 is 0 Å². The maximum Gasteiger partial charge on any atom is 0.488 e. The average molecular weight is 659 g/mol. The van der Waals surface area contributed by atoms with Gasteiger partial charge in [0, 0.05) is 31.0 Å². The molecule has 3 rings (SSSR count). The summed E-state index contributed by atoms with van der Waals surface area (Å²) in [7, 11) is -2.28. The van der Waals surface area contributed by atoms with Crippen molar-refractivity contribution in [3.63, 3.8) is 0 Å². The van der Waals surface area contributed by atoms with Gasteiger partial charge in [-0.1, -0.05) is 24.3 Å². The van der Waals surface area contributed by atoms with Crippen LogP contribution in [0.2, 0.25) is 0 Å². The van der Waals surface area contributed by atoms with Gasteiger partial charge in [-0.3, -0.25) is 14.4 Å². The molecule has 0 aromatic heterocycles. The van der Waals surface area contributed by atoms with Crippen LogP contribution in [0, 0.1) is 0 Å². The largest absolute Gasteiger partial charge is 0.488 e. The van der Waals surface area contributed by atoms with Gasteiger partial charge in [-0.05, 0) is 66.9 Å². The summed E-state index contributed by atoms with van der Waals surface area (Å²) in [6.45, 7) is 0. The molecule has 0 saturated heterocycles. The van der Waals surface area contributed by atoms with Gasteiger partial charge in [-0.25, -0.2) is 0 Å². The number of ketones is 1. The van der Waals surface area contributed by atoms with E-state index in [1.807, 2.05) is 0 Å². The standard InChI is InChI=1S/C29H36BF6N5O5/c31-28(32,33)17-3-1-15(2-4-17)9-24(25(42)10-16-7-18(29(34,35)36)11-19(8-16)30(45)46)41-27(44)23(39)5-6-26(43)40-22-13-20(37)12-21(38)14-22/h1-4,7-8,11,20-24,45-46H,5-6,9-10,12-14,37-39H2,(H,40,43)(H,41,44)/t20-,21+,22?,23-,24+/m0/s1. The van der Waals surface area contributed by atoms with Gasteiger partial charge in [0.05, 0.1) is 23.2 Å². The zero-order chi connectivity index (χ0) is 34.4. The van der Waals surface area contributed by atoms with Gasteiger partial charge in [0.1, 0.15) is 0 Å². The first kappa shape index (κ1) is 37.0. The summed E-state index contributed by atoms with van der Waals surface area (Å²) in [6.07, 6.45) is -9.18. The lowest BCUT2D eigenvalue weighted by atomic mass is 9.78. The molecule has 1 fully saturated rings. The van der Waals surface area contributed by atoms with Crippen molar-refractivity contribution in [2.45, 2.75) is 87.5 Å². The van der Waals surface area contributed by atoms with E-state index in [0.717, 1.165) is 30.3 Å². The Morgan fingerprint density at radius 2 is 1.46 bits per heavy atom. The van der Waals surface area contributed by atoms with Gasteiger partial charge >= 0.3 is 19.5 Å². The Bertz CT molecular complexity index is 1370. The molecule has 2 aromatic carbocycles. The van der Waals surface area contributed by atoms with E-state index in [1.165, 1.54) is 0 Å². The minimum Gasteiger partial charge on any atom is -0.423 e. The normalized spacial score (nSPS) is 20.0. The number of nitrogens with two attached hydrogens (primary N) is 3. The van der Waals surface area contributed by atoms with E-state index in [9.17, 15) is 50.8 Å². The summed E-state index contributed by atoms with van der Waals surface area (Å²) in [5, 5.41) is 24.1. The summed E-state index contributed by atoms with van der Waals surface area (Å²) in [5.41, 5.74) is 15.1. The number of amides is 2. The number of hydrogen-bond donors (Lipinski definition) is 7. The highest BCUT2D eigenvalue weighted by atomic mass is 19.4. The molecule has 2 aromatic rings. The van der Waals surface area contributed by atoms with Crippen molar-refractivity contribution in [3.05, 3.63) is 64.7 Å². The Morgan fingerprint density at radius 3 is 2.00 bits per heavy atom. The molecule has 0 bridgehead atoms. The van der Waals surface area contributed by atoms with E-state index in [1.54, 1.807) is 0 Å².